The van der Waals surface area contributed by atoms with E-state index in [-0.39, 0.29) is 17.0 Å². The van der Waals surface area contributed by atoms with Gasteiger partial charge in [-0.1, -0.05) is 30.3 Å². The van der Waals surface area contributed by atoms with Gasteiger partial charge in [-0.25, -0.2) is 4.79 Å². The Bertz CT molecular complexity index is 742. The molecule has 1 aromatic rings. The van der Waals surface area contributed by atoms with Gasteiger partial charge >= 0.3 is 5.97 Å². The van der Waals surface area contributed by atoms with E-state index in [0.717, 1.165) is 10.5 Å². The van der Waals surface area contributed by atoms with E-state index in [1.165, 1.54) is 0 Å². The lowest BCUT2D eigenvalue weighted by Gasteiger charge is -2.56. The standard InChI is InChI=1S/C15H17N3O4S/c16-23(17)8-10(7-19)12(15(21)22)18-13(20)11(14(18)23)6-9-4-2-1-3-5-9/h1-6,14,19H,7-8,16-17H2,(H,21,22)/b11-6+. The number of nitrogens with zero attached hydrogens (tertiary/aromatic N) is 1. The highest BCUT2D eigenvalue weighted by molar-refractivity contribution is 8.31. The molecule has 1 amide bonds. The van der Waals surface area contributed by atoms with E-state index in [1.54, 1.807) is 6.08 Å². The summed E-state index contributed by atoms with van der Waals surface area (Å²) < 4.78 is 0. The first-order valence-corrected chi connectivity index (χ1v) is 8.87. The van der Waals surface area contributed by atoms with E-state index in [2.05, 4.69) is 0 Å². The third-order valence-electron chi connectivity index (χ3n) is 3.90. The van der Waals surface area contributed by atoms with Crippen LogP contribution >= 0.6 is 10.4 Å². The molecule has 7 nitrogen and oxygen atoms in total. The van der Waals surface area contributed by atoms with E-state index in [0.29, 0.717) is 5.57 Å². The van der Waals surface area contributed by atoms with Crippen molar-refractivity contribution in [1.29, 1.82) is 0 Å². The molecule has 0 spiro atoms. The molecule has 1 fully saturated rings. The lowest BCUT2D eigenvalue weighted by molar-refractivity contribution is -0.141. The summed E-state index contributed by atoms with van der Waals surface area (Å²) >= 11 is 0. The molecule has 0 aliphatic carbocycles. The Morgan fingerprint density at radius 1 is 1.35 bits per heavy atom. The first-order chi connectivity index (χ1) is 10.9. The van der Waals surface area contributed by atoms with Gasteiger partial charge in [0.15, 0.2) is 0 Å². The molecule has 0 radical (unpaired) electrons. The molecule has 1 saturated heterocycles. The maximum absolute atomic E-state index is 12.4. The summed E-state index contributed by atoms with van der Waals surface area (Å²) in [6.07, 6.45) is 1.69. The van der Waals surface area contributed by atoms with E-state index in [9.17, 15) is 19.8 Å². The molecule has 1 atom stereocenters. The molecular weight excluding hydrogens is 318 g/mol. The summed E-state index contributed by atoms with van der Waals surface area (Å²) in [4.78, 5) is 25.0. The molecule has 23 heavy (non-hydrogen) atoms. The van der Waals surface area contributed by atoms with E-state index >= 15 is 0 Å². The highest BCUT2D eigenvalue weighted by Crippen LogP contribution is 2.55. The van der Waals surface area contributed by atoms with Crippen LogP contribution in [0.3, 0.4) is 0 Å². The number of aliphatic carboxylic acids is 1. The number of benzene rings is 1. The molecule has 0 bridgehead atoms. The lowest BCUT2D eigenvalue weighted by Crippen LogP contribution is -2.63. The monoisotopic (exact) mass is 335 g/mol. The number of hydrogen-bond donors (Lipinski definition) is 4. The van der Waals surface area contributed by atoms with Gasteiger partial charge in [0, 0.05) is 5.75 Å². The van der Waals surface area contributed by atoms with Crippen LogP contribution in [-0.2, 0) is 9.59 Å². The van der Waals surface area contributed by atoms with Gasteiger partial charge < -0.3 is 10.2 Å². The van der Waals surface area contributed by atoms with Gasteiger partial charge in [0.25, 0.3) is 5.91 Å². The Morgan fingerprint density at radius 3 is 2.57 bits per heavy atom. The van der Waals surface area contributed by atoms with Crippen LogP contribution in [0.15, 0.2) is 47.2 Å². The van der Waals surface area contributed by atoms with Gasteiger partial charge in [-0.05, 0) is 17.2 Å². The fourth-order valence-electron chi connectivity index (χ4n) is 2.93. The number of carbonyl (C=O) groups is 2. The van der Waals surface area contributed by atoms with Crippen molar-refractivity contribution in [1.82, 2.24) is 4.90 Å². The van der Waals surface area contributed by atoms with Gasteiger partial charge in [0.05, 0.1) is 12.2 Å². The van der Waals surface area contributed by atoms with Gasteiger partial charge in [0.2, 0.25) is 0 Å². The highest BCUT2D eigenvalue weighted by Gasteiger charge is 2.55. The number of aliphatic hydroxyl groups excluding tert-OH is 1. The van der Waals surface area contributed by atoms with Gasteiger partial charge in [-0.15, -0.1) is 10.4 Å². The second-order valence-corrected chi connectivity index (χ2v) is 8.06. The molecule has 1 aromatic carbocycles. The molecule has 3 rings (SSSR count). The number of hydrogen-bond acceptors (Lipinski definition) is 5. The molecule has 1 unspecified atom stereocenters. The molecular formula is C15H17N3O4S. The van der Waals surface area contributed by atoms with Crippen molar-refractivity contribution in [3.05, 3.63) is 52.7 Å². The second-order valence-electron chi connectivity index (χ2n) is 5.51. The van der Waals surface area contributed by atoms with Crippen molar-refractivity contribution in [2.24, 2.45) is 10.3 Å². The van der Waals surface area contributed by atoms with Crippen LogP contribution in [0, 0.1) is 0 Å². The molecule has 6 N–H and O–H groups in total. The smallest absolute Gasteiger partial charge is 0.352 e. The summed E-state index contributed by atoms with van der Waals surface area (Å²) in [5.74, 6) is -1.61. The average Bonchev–Trinajstić information content (AvgIpc) is 2.51. The normalized spacial score (nSPS) is 25.9. The van der Waals surface area contributed by atoms with E-state index in [4.69, 9.17) is 10.3 Å². The first-order valence-electron chi connectivity index (χ1n) is 6.88. The number of fused-ring (bicyclic) bond motifs is 1. The van der Waals surface area contributed by atoms with Crippen molar-refractivity contribution in [3.63, 3.8) is 0 Å². The van der Waals surface area contributed by atoms with E-state index in [1.807, 2.05) is 30.3 Å². The minimum atomic E-state index is -2.30. The first kappa shape index (κ1) is 15.8. The predicted octanol–water partition coefficient (Wildman–Crippen LogP) is 0.135. The zero-order valence-corrected chi connectivity index (χ0v) is 13.0. The van der Waals surface area contributed by atoms with Crippen LogP contribution < -0.4 is 10.3 Å². The summed E-state index contributed by atoms with van der Waals surface area (Å²) in [5.41, 5.74) is 1.22. The van der Waals surface area contributed by atoms with Crippen molar-refractivity contribution in [2.75, 3.05) is 12.4 Å². The maximum atomic E-state index is 12.4. The Kier molecular flexibility index (Phi) is 3.77. The number of amides is 1. The van der Waals surface area contributed by atoms with Crippen molar-refractivity contribution >= 4 is 28.4 Å². The number of carbonyl (C=O) groups excluding carboxylic acids is 1. The Balaban J connectivity index is 2.06. The van der Waals surface area contributed by atoms with E-state index < -0.39 is 34.3 Å². The SMILES string of the molecule is NS1(N)CC(CO)=C(C(=O)O)N2C(=O)/C(=C\c3ccccc3)C21. The molecule has 8 heteroatoms. The van der Waals surface area contributed by atoms with Crippen LogP contribution in [0.5, 0.6) is 0 Å². The van der Waals surface area contributed by atoms with Gasteiger partial charge in [-0.3, -0.25) is 20.0 Å². The molecule has 2 aliphatic heterocycles. The van der Waals surface area contributed by atoms with Crippen LogP contribution in [0.25, 0.3) is 6.08 Å². The Hall–Kier alpha value is -2.13. The summed E-state index contributed by atoms with van der Waals surface area (Å²) in [6, 6.07) is 9.21. The predicted molar refractivity (Wildman–Crippen MR) is 87.6 cm³/mol. The van der Waals surface area contributed by atoms with Crippen LogP contribution in [0.1, 0.15) is 5.56 Å². The summed E-state index contributed by atoms with van der Waals surface area (Å²) in [7, 11) is -2.30. The molecule has 122 valence electrons. The summed E-state index contributed by atoms with van der Waals surface area (Å²) in [6.45, 7) is -0.487. The number of carboxylic acid groups (broad SMARTS) is 1. The third-order valence-corrected chi connectivity index (χ3v) is 6.04. The Labute approximate surface area is 134 Å². The van der Waals surface area contributed by atoms with Crippen molar-refractivity contribution in [3.8, 4) is 0 Å². The average molecular weight is 335 g/mol. The Morgan fingerprint density at radius 2 is 2.00 bits per heavy atom. The maximum Gasteiger partial charge on any atom is 0.352 e. The molecule has 2 heterocycles. The zero-order valence-electron chi connectivity index (χ0n) is 12.2. The minimum absolute atomic E-state index is 0.0890. The largest absolute Gasteiger partial charge is 0.477 e. The fourth-order valence-corrected chi connectivity index (χ4v) is 5.16. The number of nitrogens with two attached hydrogens (primary N) is 2. The fraction of sp³-hybridized carbons (Fsp3) is 0.200. The van der Waals surface area contributed by atoms with Crippen LogP contribution in [0.4, 0.5) is 0 Å². The molecule has 0 saturated carbocycles. The number of rotatable bonds is 3. The lowest BCUT2D eigenvalue weighted by atomic mass is 9.99. The third kappa shape index (κ3) is 2.45. The number of β-lactam (4-membered cyclic amide) rings is 1. The highest BCUT2D eigenvalue weighted by atomic mass is 32.3. The minimum Gasteiger partial charge on any atom is -0.477 e. The zero-order chi connectivity index (χ0) is 16.8. The van der Waals surface area contributed by atoms with Crippen LogP contribution in [-0.4, -0.2) is 44.7 Å². The second kappa shape index (κ2) is 5.50. The van der Waals surface area contributed by atoms with Crippen LogP contribution in [0.2, 0.25) is 0 Å². The molecule has 0 aromatic heterocycles. The van der Waals surface area contributed by atoms with Gasteiger partial charge in [0.1, 0.15) is 11.1 Å². The quantitative estimate of drug-likeness (QED) is 0.459. The van der Waals surface area contributed by atoms with Crippen molar-refractivity contribution < 1.29 is 19.8 Å². The number of aliphatic hydroxyl groups is 1. The topological polar surface area (TPSA) is 130 Å². The summed E-state index contributed by atoms with van der Waals surface area (Å²) in [5, 5.41) is 30.5. The van der Waals surface area contributed by atoms with Crippen molar-refractivity contribution in [2.45, 2.75) is 5.37 Å². The molecule has 2 aliphatic rings. The number of carboxylic acids is 1. The van der Waals surface area contributed by atoms with Gasteiger partial charge in [-0.2, -0.15) is 0 Å².